The summed E-state index contributed by atoms with van der Waals surface area (Å²) in [7, 11) is 0. The first kappa shape index (κ1) is 12.7. The van der Waals surface area contributed by atoms with Gasteiger partial charge in [-0.2, -0.15) is 0 Å². The van der Waals surface area contributed by atoms with Gasteiger partial charge in [0.2, 0.25) is 0 Å². The Bertz CT molecular complexity index is 314. The molecule has 1 unspecified atom stereocenters. The summed E-state index contributed by atoms with van der Waals surface area (Å²) in [6.07, 6.45) is 2.88. The first-order valence-corrected chi connectivity index (χ1v) is 6.10. The van der Waals surface area contributed by atoms with Gasteiger partial charge in [0, 0.05) is 4.47 Å². The maximum Gasteiger partial charge on any atom is 0.126 e. The standard InChI is InChI=1S/C12H17BrFN/c1-2-3-9(8-15)6-10-7-11(13)4-5-12(10)14/h4-5,7,9H,2-3,6,8,15H2,1H3. The Balaban J connectivity index is 2.73. The molecule has 0 aliphatic rings. The van der Waals surface area contributed by atoms with Gasteiger partial charge in [0.1, 0.15) is 5.82 Å². The van der Waals surface area contributed by atoms with Crippen molar-refractivity contribution in [1.29, 1.82) is 0 Å². The van der Waals surface area contributed by atoms with Gasteiger partial charge in [-0.3, -0.25) is 0 Å². The second-order valence-corrected chi connectivity index (χ2v) is 4.75. The smallest absolute Gasteiger partial charge is 0.126 e. The summed E-state index contributed by atoms with van der Waals surface area (Å²) in [5, 5.41) is 0. The van der Waals surface area contributed by atoms with Crippen LogP contribution < -0.4 is 5.73 Å². The molecule has 1 atom stereocenters. The van der Waals surface area contributed by atoms with Gasteiger partial charge in [-0.1, -0.05) is 29.3 Å². The van der Waals surface area contributed by atoms with E-state index in [9.17, 15) is 4.39 Å². The summed E-state index contributed by atoms with van der Waals surface area (Å²) in [6.45, 7) is 2.75. The van der Waals surface area contributed by atoms with E-state index in [2.05, 4.69) is 22.9 Å². The molecule has 0 bridgehead atoms. The Morgan fingerprint density at radius 3 is 2.80 bits per heavy atom. The minimum Gasteiger partial charge on any atom is -0.330 e. The molecule has 0 radical (unpaired) electrons. The number of halogens is 2. The van der Waals surface area contributed by atoms with Crippen molar-refractivity contribution >= 4 is 15.9 Å². The minimum atomic E-state index is -0.132. The zero-order chi connectivity index (χ0) is 11.3. The summed E-state index contributed by atoms with van der Waals surface area (Å²) < 4.78 is 14.4. The van der Waals surface area contributed by atoms with Gasteiger partial charge in [0.05, 0.1) is 0 Å². The summed E-state index contributed by atoms with van der Waals surface area (Å²) in [6, 6.07) is 5.06. The third-order valence-corrected chi connectivity index (χ3v) is 3.04. The fourth-order valence-corrected chi connectivity index (χ4v) is 2.13. The predicted molar refractivity (Wildman–Crippen MR) is 65.3 cm³/mol. The van der Waals surface area contributed by atoms with Gasteiger partial charge in [0.25, 0.3) is 0 Å². The Kier molecular flexibility index (Phi) is 5.26. The van der Waals surface area contributed by atoms with Gasteiger partial charge in [-0.05, 0) is 49.1 Å². The molecule has 15 heavy (non-hydrogen) atoms. The quantitative estimate of drug-likeness (QED) is 0.873. The predicted octanol–water partition coefficient (Wildman–Crippen LogP) is 3.51. The number of nitrogens with two attached hydrogens (primary N) is 1. The second-order valence-electron chi connectivity index (χ2n) is 3.83. The highest BCUT2D eigenvalue weighted by molar-refractivity contribution is 9.10. The molecule has 0 amide bonds. The molecule has 0 spiro atoms. The zero-order valence-electron chi connectivity index (χ0n) is 8.97. The summed E-state index contributed by atoms with van der Waals surface area (Å²) in [4.78, 5) is 0. The maximum atomic E-state index is 13.4. The van der Waals surface area contributed by atoms with E-state index in [1.54, 1.807) is 6.07 Å². The first-order valence-electron chi connectivity index (χ1n) is 5.31. The van der Waals surface area contributed by atoms with E-state index in [-0.39, 0.29) is 5.82 Å². The molecule has 1 aromatic carbocycles. The average Bonchev–Trinajstić information content (AvgIpc) is 2.22. The van der Waals surface area contributed by atoms with Crippen molar-refractivity contribution in [1.82, 2.24) is 0 Å². The molecule has 1 rings (SSSR count). The normalized spacial score (nSPS) is 12.8. The lowest BCUT2D eigenvalue weighted by molar-refractivity contribution is 0.474. The van der Waals surface area contributed by atoms with Crippen LogP contribution in [0.25, 0.3) is 0 Å². The van der Waals surface area contributed by atoms with Crippen LogP contribution in [0.15, 0.2) is 22.7 Å². The number of benzene rings is 1. The summed E-state index contributed by atoms with van der Waals surface area (Å²) >= 11 is 3.35. The first-order chi connectivity index (χ1) is 7.17. The molecule has 2 N–H and O–H groups in total. The molecule has 3 heteroatoms. The van der Waals surface area contributed by atoms with Crippen molar-refractivity contribution in [2.45, 2.75) is 26.2 Å². The monoisotopic (exact) mass is 273 g/mol. The van der Waals surface area contributed by atoms with Crippen LogP contribution >= 0.6 is 15.9 Å². The maximum absolute atomic E-state index is 13.4. The van der Waals surface area contributed by atoms with Crippen LogP contribution in [-0.4, -0.2) is 6.54 Å². The van der Waals surface area contributed by atoms with Crippen molar-refractivity contribution < 1.29 is 4.39 Å². The number of hydrogen-bond donors (Lipinski definition) is 1. The molecule has 0 heterocycles. The lowest BCUT2D eigenvalue weighted by Gasteiger charge is -2.14. The molecule has 0 aliphatic heterocycles. The second kappa shape index (κ2) is 6.23. The Hall–Kier alpha value is -0.410. The summed E-state index contributed by atoms with van der Waals surface area (Å²) in [5.41, 5.74) is 6.42. The van der Waals surface area contributed by atoms with E-state index in [0.29, 0.717) is 12.5 Å². The van der Waals surface area contributed by atoms with Crippen LogP contribution in [0.5, 0.6) is 0 Å². The highest BCUT2D eigenvalue weighted by Crippen LogP contribution is 2.20. The average molecular weight is 274 g/mol. The fraction of sp³-hybridized carbons (Fsp3) is 0.500. The van der Waals surface area contributed by atoms with Crippen LogP contribution in [0.1, 0.15) is 25.3 Å². The highest BCUT2D eigenvalue weighted by atomic mass is 79.9. The summed E-state index contributed by atoms with van der Waals surface area (Å²) in [5.74, 6) is 0.256. The molecule has 0 saturated carbocycles. The van der Waals surface area contributed by atoms with E-state index in [1.165, 1.54) is 6.07 Å². The van der Waals surface area contributed by atoms with Gasteiger partial charge in [-0.15, -0.1) is 0 Å². The van der Waals surface area contributed by atoms with Gasteiger partial charge in [0.15, 0.2) is 0 Å². The lowest BCUT2D eigenvalue weighted by atomic mass is 9.95. The van der Waals surface area contributed by atoms with Crippen LogP contribution in [-0.2, 0) is 6.42 Å². The fourth-order valence-electron chi connectivity index (χ4n) is 1.72. The largest absolute Gasteiger partial charge is 0.330 e. The third-order valence-electron chi connectivity index (χ3n) is 2.55. The van der Waals surface area contributed by atoms with Crippen molar-refractivity contribution in [3.63, 3.8) is 0 Å². The molecule has 84 valence electrons. The van der Waals surface area contributed by atoms with Gasteiger partial charge >= 0.3 is 0 Å². The molecular formula is C12H17BrFN. The van der Waals surface area contributed by atoms with Crippen LogP contribution in [0.4, 0.5) is 4.39 Å². The van der Waals surface area contributed by atoms with Crippen molar-refractivity contribution in [3.8, 4) is 0 Å². The lowest BCUT2D eigenvalue weighted by Crippen LogP contribution is -2.17. The van der Waals surface area contributed by atoms with Crippen molar-refractivity contribution in [2.24, 2.45) is 11.7 Å². The zero-order valence-corrected chi connectivity index (χ0v) is 10.6. The van der Waals surface area contributed by atoms with Crippen LogP contribution in [0, 0.1) is 11.7 Å². The Morgan fingerprint density at radius 1 is 1.47 bits per heavy atom. The minimum absolute atomic E-state index is 0.132. The van der Waals surface area contributed by atoms with Gasteiger partial charge < -0.3 is 5.73 Å². The Labute approximate surface area is 99.0 Å². The molecule has 0 saturated heterocycles. The molecular weight excluding hydrogens is 257 g/mol. The Morgan fingerprint density at radius 2 is 2.20 bits per heavy atom. The van der Waals surface area contributed by atoms with Gasteiger partial charge in [-0.25, -0.2) is 4.39 Å². The van der Waals surface area contributed by atoms with Crippen LogP contribution in [0.2, 0.25) is 0 Å². The molecule has 1 nitrogen and oxygen atoms in total. The van der Waals surface area contributed by atoms with E-state index in [0.717, 1.165) is 29.3 Å². The van der Waals surface area contributed by atoms with E-state index in [1.807, 2.05) is 6.07 Å². The van der Waals surface area contributed by atoms with Crippen molar-refractivity contribution in [2.75, 3.05) is 6.54 Å². The van der Waals surface area contributed by atoms with E-state index in [4.69, 9.17) is 5.73 Å². The molecule has 0 fully saturated rings. The number of hydrogen-bond acceptors (Lipinski definition) is 1. The molecule has 1 aromatic rings. The topological polar surface area (TPSA) is 26.0 Å². The van der Waals surface area contributed by atoms with E-state index < -0.39 is 0 Å². The molecule has 0 aliphatic carbocycles. The van der Waals surface area contributed by atoms with Crippen LogP contribution in [0.3, 0.4) is 0 Å². The SMILES string of the molecule is CCCC(CN)Cc1cc(Br)ccc1F. The highest BCUT2D eigenvalue weighted by Gasteiger charge is 2.10. The third kappa shape index (κ3) is 3.92. The van der Waals surface area contributed by atoms with E-state index >= 15 is 0 Å². The molecule has 0 aromatic heterocycles. The van der Waals surface area contributed by atoms with Crippen molar-refractivity contribution in [3.05, 3.63) is 34.1 Å². The number of rotatable bonds is 5.